The molecule has 1 N–H and O–H groups in total. The van der Waals surface area contributed by atoms with Gasteiger partial charge in [-0.05, 0) is 37.7 Å². The predicted octanol–water partition coefficient (Wildman–Crippen LogP) is 4.09. The summed E-state index contributed by atoms with van der Waals surface area (Å²) >= 11 is 0. The summed E-state index contributed by atoms with van der Waals surface area (Å²) in [5.41, 5.74) is 5.99. The Kier molecular flexibility index (Phi) is 5.58. The van der Waals surface area contributed by atoms with Gasteiger partial charge in [-0.2, -0.15) is 5.10 Å². The number of nitrogens with zero attached hydrogens (tertiary/aromatic N) is 1. The molecule has 0 bridgehead atoms. The maximum Gasteiger partial charge on any atom is 0.0319 e. The molecule has 1 fully saturated rings. The van der Waals surface area contributed by atoms with Crippen LogP contribution in [0.5, 0.6) is 0 Å². The molecule has 92 valence electrons. The van der Waals surface area contributed by atoms with Crippen molar-refractivity contribution in [2.45, 2.75) is 59.8 Å². The smallest absolute Gasteiger partial charge is 0.0319 e. The molecule has 2 nitrogen and oxygen atoms in total. The summed E-state index contributed by atoms with van der Waals surface area (Å²) in [6.45, 7) is 8.53. The fourth-order valence-electron chi connectivity index (χ4n) is 2.52. The van der Waals surface area contributed by atoms with Crippen molar-refractivity contribution in [2.24, 2.45) is 16.9 Å². The summed E-state index contributed by atoms with van der Waals surface area (Å²) in [6.07, 6.45) is 8.74. The van der Waals surface area contributed by atoms with Crippen molar-refractivity contribution in [1.29, 1.82) is 0 Å². The van der Waals surface area contributed by atoms with Crippen LogP contribution in [-0.4, -0.2) is 6.21 Å². The zero-order valence-electron chi connectivity index (χ0n) is 11.2. The molecule has 0 amide bonds. The Bertz CT molecular complexity index is 266. The molecule has 0 saturated heterocycles. The van der Waals surface area contributed by atoms with Gasteiger partial charge in [-0.3, -0.25) is 5.43 Å². The van der Waals surface area contributed by atoms with E-state index < -0.39 is 0 Å². The van der Waals surface area contributed by atoms with Gasteiger partial charge in [0.1, 0.15) is 0 Å². The van der Waals surface area contributed by atoms with Gasteiger partial charge in [0.15, 0.2) is 0 Å². The van der Waals surface area contributed by atoms with Crippen molar-refractivity contribution in [3.05, 3.63) is 11.3 Å². The normalized spacial score (nSPS) is 29.2. The molecule has 1 aliphatic heterocycles. The minimum Gasteiger partial charge on any atom is -0.283 e. The van der Waals surface area contributed by atoms with Crippen LogP contribution in [0.25, 0.3) is 0 Å². The molecule has 2 rings (SSSR count). The van der Waals surface area contributed by atoms with E-state index in [0.717, 1.165) is 5.92 Å². The molecule has 1 heterocycles. The third kappa shape index (κ3) is 3.36. The van der Waals surface area contributed by atoms with E-state index in [0.29, 0.717) is 5.92 Å². The van der Waals surface area contributed by atoms with Gasteiger partial charge in [0, 0.05) is 17.8 Å². The zero-order valence-corrected chi connectivity index (χ0v) is 11.2. The van der Waals surface area contributed by atoms with Crippen LogP contribution in [0.4, 0.5) is 0 Å². The molecule has 0 aromatic carbocycles. The number of hydrogen-bond acceptors (Lipinski definition) is 2. The Hall–Kier alpha value is -0.790. The maximum absolute atomic E-state index is 4.20. The number of allylic oxidation sites excluding steroid dienone is 2. The number of fused-ring (bicyclic) bond motifs is 1. The number of rotatable bonds is 0. The van der Waals surface area contributed by atoms with Crippen LogP contribution in [0.2, 0.25) is 0 Å². The molecule has 2 heteroatoms. The van der Waals surface area contributed by atoms with Crippen LogP contribution in [-0.2, 0) is 0 Å². The SMILES string of the molecule is CC.CC1=C2CCC(C)CCCC2C=NN1. The molecule has 0 radical (unpaired) electrons. The molecule has 0 aromatic rings. The van der Waals surface area contributed by atoms with Crippen LogP contribution in [0.15, 0.2) is 16.4 Å². The van der Waals surface area contributed by atoms with Crippen LogP contribution < -0.4 is 5.43 Å². The van der Waals surface area contributed by atoms with Crippen molar-refractivity contribution in [3.8, 4) is 0 Å². The van der Waals surface area contributed by atoms with E-state index in [2.05, 4.69) is 30.6 Å². The van der Waals surface area contributed by atoms with Gasteiger partial charge in [-0.25, -0.2) is 0 Å². The molecule has 2 atom stereocenters. The first kappa shape index (κ1) is 13.3. The Labute approximate surface area is 100 Å². The van der Waals surface area contributed by atoms with Gasteiger partial charge >= 0.3 is 0 Å². The molecule has 2 unspecified atom stereocenters. The van der Waals surface area contributed by atoms with Crippen molar-refractivity contribution in [3.63, 3.8) is 0 Å². The first-order chi connectivity index (χ1) is 7.77. The van der Waals surface area contributed by atoms with Crippen LogP contribution in [0, 0.1) is 11.8 Å². The van der Waals surface area contributed by atoms with Crippen LogP contribution >= 0.6 is 0 Å². The largest absolute Gasteiger partial charge is 0.283 e. The highest BCUT2D eigenvalue weighted by atomic mass is 15.3. The zero-order chi connectivity index (χ0) is 12.0. The summed E-state index contributed by atoms with van der Waals surface area (Å²) in [7, 11) is 0. The molecule has 1 saturated carbocycles. The molecule has 2 aliphatic rings. The predicted molar refractivity (Wildman–Crippen MR) is 71.4 cm³/mol. The summed E-state index contributed by atoms with van der Waals surface area (Å²) in [5.74, 6) is 1.53. The van der Waals surface area contributed by atoms with Gasteiger partial charge in [0.2, 0.25) is 0 Å². The number of hydrogen-bond donors (Lipinski definition) is 1. The Morgan fingerprint density at radius 1 is 1.25 bits per heavy atom. The van der Waals surface area contributed by atoms with Gasteiger partial charge in [-0.1, -0.05) is 33.6 Å². The highest BCUT2D eigenvalue weighted by molar-refractivity contribution is 5.66. The first-order valence-corrected chi connectivity index (χ1v) is 6.76. The van der Waals surface area contributed by atoms with Gasteiger partial charge in [0.25, 0.3) is 0 Å². The van der Waals surface area contributed by atoms with E-state index in [1.807, 2.05) is 13.8 Å². The number of nitrogens with one attached hydrogen (secondary N) is 1. The summed E-state index contributed by atoms with van der Waals surface area (Å²) in [5, 5.41) is 4.20. The average molecular weight is 222 g/mol. The second-order valence-electron chi connectivity index (χ2n) is 4.72. The fourth-order valence-corrected chi connectivity index (χ4v) is 2.52. The molecule has 16 heavy (non-hydrogen) atoms. The maximum atomic E-state index is 4.20. The van der Waals surface area contributed by atoms with Gasteiger partial charge in [0.05, 0.1) is 0 Å². The van der Waals surface area contributed by atoms with Crippen molar-refractivity contribution in [2.75, 3.05) is 0 Å². The summed E-state index contributed by atoms with van der Waals surface area (Å²) < 4.78 is 0. The van der Waals surface area contributed by atoms with Crippen LogP contribution in [0.1, 0.15) is 59.8 Å². The standard InChI is InChI=1S/C12H20N2.C2H6/c1-9-4-3-5-11-8-13-14-10(2)12(11)7-6-9;1-2/h8-9,11,14H,3-7H2,1-2H3;1-2H3. The topological polar surface area (TPSA) is 24.4 Å². The Balaban J connectivity index is 0.000000606. The second kappa shape index (κ2) is 6.72. The number of hydrazone groups is 1. The lowest BCUT2D eigenvalue weighted by molar-refractivity contribution is 0.418. The summed E-state index contributed by atoms with van der Waals surface area (Å²) in [4.78, 5) is 0. The highest BCUT2D eigenvalue weighted by Crippen LogP contribution is 2.31. The van der Waals surface area contributed by atoms with Crippen molar-refractivity contribution in [1.82, 2.24) is 5.43 Å². The van der Waals surface area contributed by atoms with E-state index in [-0.39, 0.29) is 0 Å². The van der Waals surface area contributed by atoms with Gasteiger partial charge < -0.3 is 0 Å². The lowest BCUT2D eigenvalue weighted by Crippen LogP contribution is -2.22. The minimum atomic E-state index is 0.628. The third-order valence-electron chi connectivity index (χ3n) is 3.53. The fraction of sp³-hybridized carbons (Fsp3) is 0.786. The summed E-state index contributed by atoms with van der Waals surface area (Å²) in [6, 6.07) is 0. The van der Waals surface area contributed by atoms with E-state index in [9.17, 15) is 0 Å². The second-order valence-corrected chi connectivity index (χ2v) is 4.72. The van der Waals surface area contributed by atoms with Crippen molar-refractivity contribution < 1.29 is 0 Å². The first-order valence-electron chi connectivity index (χ1n) is 6.76. The minimum absolute atomic E-state index is 0.628. The molecule has 0 aromatic heterocycles. The van der Waals surface area contributed by atoms with E-state index >= 15 is 0 Å². The molecule has 0 spiro atoms. The average Bonchev–Trinajstić information content (AvgIpc) is 2.28. The highest BCUT2D eigenvalue weighted by Gasteiger charge is 2.21. The lowest BCUT2D eigenvalue weighted by atomic mass is 9.82. The lowest BCUT2D eigenvalue weighted by Gasteiger charge is -2.27. The van der Waals surface area contributed by atoms with E-state index in [1.165, 1.54) is 37.8 Å². The monoisotopic (exact) mass is 222 g/mol. The van der Waals surface area contributed by atoms with Gasteiger partial charge in [-0.15, -0.1) is 0 Å². The Morgan fingerprint density at radius 2 is 2.00 bits per heavy atom. The third-order valence-corrected chi connectivity index (χ3v) is 3.53. The molecular formula is C14H26N2. The Morgan fingerprint density at radius 3 is 2.75 bits per heavy atom. The van der Waals surface area contributed by atoms with E-state index in [1.54, 1.807) is 5.57 Å². The van der Waals surface area contributed by atoms with Crippen molar-refractivity contribution >= 4 is 6.21 Å². The molecular weight excluding hydrogens is 196 g/mol. The van der Waals surface area contributed by atoms with Crippen LogP contribution in [0.3, 0.4) is 0 Å². The van der Waals surface area contributed by atoms with E-state index in [4.69, 9.17) is 0 Å². The molecule has 1 aliphatic carbocycles. The quantitative estimate of drug-likeness (QED) is 0.656.